The summed E-state index contributed by atoms with van der Waals surface area (Å²) >= 11 is 0. The van der Waals surface area contributed by atoms with E-state index >= 15 is 0 Å². The van der Waals surface area contributed by atoms with Crippen LogP contribution in [0.3, 0.4) is 0 Å². The molecule has 0 nitrogen and oxygen atoms in total. The molecule has 0 aliphatic carbocycles. The second kappa shape index (κ2) is 3.93. The minimum absolute atomic E-state index is 0.496. The molecule has 68 valence electrons. The SMILES string of the molecule is [2H]/C(=C\C=C)c1ccc2ccccc2c1. The van der Waals surface area contributed by atoms with Crippen molar-refractivity contribution in [1.82, 2.24) is 0 Å². The van der Waals surface area contributed by atoms with Crippen LogP contribution in [0, 0.1) is 0 Å². The number of allylic oxidation sites excluding steroid dienone is 2. The third kappa shape index (κ3) is 1.74. The molecule has 0 atom stereocenters. The van der Waals surface area contributed by atoms with Crippen molar-refractivity contribution in [2.45, 2.75) is 0 Å². The highest BCUT2D eigenvalue weighted by molar-refractivity contribution is 5.84. The summed E-state index contributed by atoms with van der Waals surface area (Å²) in [6, 6.07) is 14.7. The zero-order valence-electron chi connectivity index (χ0n) is 8.90. The first-order valence-corrected chi connectivity index (χ1v) is 4.60. The minimum Gasteiger partial charge on any atom is -0.0991 e. The molecule has 14 heavy (non-hydrogen) atoms. The van der Waals surface area contributed by atoms with Gasteiger partial charge < -0.3 is 0 Å². The number of hydrogen-bond donors (Lipinski definition) is 0. The van der Waals surface area contributed by atoms with Crippen LogP contribution in [0.15, 0.2) is 61.2 Å². The lowest BCUT2D eigenvalue weighted by molar-refractivity contribution is 1.71. The van der Waals surface area contributed by atoms with Gasteiger partial charge in [0.05, 0.1) is 1.37 Å². The summed E-state index contributed by atoms with van der Waals surface area (Å²) in [5.74, 6) is 0. The molecule has 0 amide bonds. The van der Waals surface area contributed by atoms with Gasteiger partial charge in [-0.15, -0.1) is 0 Å². The smallest absolute Gasteiger partial charge is 0.0629 e. The third-order valence-corrected chi connectivity index (χ3v) is 2.12. The van der Waals surface area contributed by atoms with Gasteiger partial charge in [0, 0.05) is 0 Å². The first-order chi connectivity index (χ1) is 7.31. The first kappa shape index (κ1) is 7.57. The average Bonchev–Trinajstić information content (AvgIpc) is 2.29. The molecule has 0 unspecified atom stereocenters. The van der Waals surface area contributed by atoms with Crippen molar-refractivity contribution in [2.24, 2.45) is 0 Å². The Morgan fingerprint density at radius 3 is 2.64 bits per heavy atom. The Morgan fingerprint density at radius 1 is 1.07 bits per heavy atom. The third-order valence-electron chi connectivity index (χ3n) is 2.12. The van der Waals surface area contributed by atoms with Gasteiger partial charge in [-0.05, 0) is 22.4 Å². The molecule has 0 bridgehead atoms. The van der Waals surface area contributed by atoms with Gasteiger partial charge in [0.2, 0.25) is 0 Å². The lowest BCUT2D eigenvalue weighted by atomic mass is 10.1. The molecule has 2 aromatic rings. The molecule has 0 spiro atoms. The van der Waals surface area contributed by atoms with E-state index in [0.717, 1.165) is 10.9 Å². The van der Waals surface area contributed by atoms with Crippen LogP contribution in [0.25, 0.3) is 16.8 Å². The monoisotopic (exact) mass is 181 g/mol. The van der Waals surface area contributed by atoms with E-state index in [0.29, 0.717) is 6.05 Å². The molecule has 0 aliphatic heterocycles. The highest BCUT2D eigenvalue weighted by Crippen LogP contribution is 2.16. The lowest BCUT2D eigenvalue weighted by Gasteiger charge is -1.98. The zero-order valence-corrected chi connectivity index (χ0v) is 7.90. The maximum Gasteiger partial charge on any atom is 0.0629 e. The van der Waals surface area contributed by atoms with Gasteiger partial charge in [-0.3, -0.25) is 0 Å². The van der Waals surface area contributed by atoms with E-state index in [4.69, 9.17) is 1.37 Å². The van der Waals surface area contributed by atoms with Gasteiger partial charge in [-0.2, -0.15) is 0 Å². The van der Waals surface area contributed by atoms with Crippen LogP contribution in [-0.2, 0) is 0 Å². The van der Waals surface area contributed by atoms with Crippen LogP contribution >= 0.6 is 0 Å². The van der Waals surface area contributed by atoms with Crippen molar-refractivity contribution in [3.63, 3.8) is 0 Å². The van der Waals surface area contributed by atoms with Gasteiger partial charge in [0.15, 0.2) is 0 Å². The summed E-state index contributed by atoms with van der Waals surface area (Å²) in [6.45, 7) is 3.59. The van der Waals surface area contributed by atoms with E-state index in [2.05, 4.69) is 18.7 Å². The van der Waals surface area contributed by atoms with Gasteiger partial charge in [0.1, 0.15) is 0 Å². The summed E-state index contributed by atoms with van der Waals surface area (Å²) in [5.41, 5.74) is 0.925. The molecule has 0 fully saturated rings. The Morgan fingerprint density at radius 2 is 1.86 bits per heavy atom. The van der Waals surface area contributed by atoms with Crippen LogP contribution in [0.4, 0.5) is 0 Å². The number of fused-ring (bicyclic) bond motifs is 1. The maximum atomic E-state index is 7.78. The Bertz CT molecular complexity index is 524. The number of rotatable bonds is 2. The highest BCUT2D eigenvalue weighted by Gasteiger charge is 1.91. The molecule has 0 radical (unpaired) electrons. The van der Waals surface area contributed by atoms with Crippen LogP contribution in [0.2, 0.25) is 0 Å². The van der Waals surface area contributed by atoms with Crippen molar-refractivity contribution >= 4 is 16.8 Å². The number of hydrogen-bond acceptors (Lipinski definition) is 0. The second-order valence-electron chi connectivity index (χ2n) is 3.11. The van der Waals surface area contributed by atoms with E-state index in [1.807, 2.05) is 30.3 Å². The van der Waals surface area contributed by atoms with Crippen molar-refractivity contribution in [3.8, 4) is 0 Å². The molecule has 0 aromatic heterocycles. The van der Waals surface area contributed by atoms with E-state index in [9.17, 15) is 0 Å². The predicted molar refractivity (Wildman–Crippen MR) is 63.2 cm³/mol. The molecule has 0 aliphatic rings. The molecular formula is C14H12. The quantitative estimate of drug-likeness (QED) is 0.613. The van der Waals surface area contributed by atoms with Gasteiger partial charge in [-0.25, -0.2) is 0 Å². The Kier molecular flexibility index (Phi) is 2.12. The first-order valence-electron chi connectivity index (χ1n) is 5.10. The van der Waals surface area contributed by atoms with E-state index in [1.54, 1.807) is 12.2 Å². The largest absolute Gasteiger partial charge is 0.0991 e. The Labute approximate surface area is 85.6 Å². The van der Waals surface area contributed by atoms with Crippen molar-refractivity contribution < 1.29 is 1.37 Å². The summed E-state index contributed by atoms with van der Waals surface area (Å²) in [7, 11) is 0. The summed E-state index contributed by atoms with van der Waals surface area (Å²) < 4.78 is 7.78. The van der Waals surface area contributed by atoms with Crippen LogP contribution in [0.1, 0.15) is 6.93 Å². The van der Waals surface area contributed by atoms with Crippen LogP contribution in [0.5, 0.6) is 0 Å². The summed E-state index contributed by atoms with van der Waals surface area (Å²) in [4.78, 5) is 0. The van der Waals surface area contributed by atoms with E-state index in [-0.39, 0.29) is 0 Å². The molecular weight excluding hydrogens is 168 g/mol. The van der Waals surface area contributed by atoms with E-state index < -0.39 is 0 Å². The molecule has 0 saturated carbocycles. The molecule has 0 heterocycles. The van der Waals surface area contributed by atoms with Gasteiger partial charge >= 0.3 is 0 Å². The fourth-order valence-corrected chi connectivity index (χ4v) is 1.43. The Balaban J connectivity index is 2.56. The zero-order chi connectivity index (χ0) is 10.7. The predicted octanol–water partition coefficient (Wildman–Crippen LogP) is 4.04. The highest BCUT2D eigenvalue weighted by atomic mass is 14.0. The summed E-state index contributed by atoms with van der Waals surface area (Å²) in [6.07, 6.45) is 3.33. The molecule has 0 heteroatoms. The lowest BCUT2D eigenvalue weighted by Crippen LogP contribution is -1.74. The average molecular weight is 181 g/mol. The van der Waals surface area contributed by atoms with E-state index in [1.165, 1.54) is 5.39 Å². The summed E-state index contributed by atoms with van der Waals surface area (Å²) in [5, 5.41) is 2.37. The maximum absolute atomic E-state index is 7.78. The Hall–Kier alpha value is -1.82. The molecule has 2 rings (SSSR count). The fraction of sp³-hybridized carbons (Fsp3) is 0. The molecule has 0 saturated heterocycles. The normalized spacial score (nSPS) is 12.6. The van der Waals surface area contributed by atoms with Crippen molar-refractivity contribution in [2.75, 3.05) is 0 Å². The standard InChI is InChI=1S/C14H12/c1-2-3-6-12-9-10-13-7-4-5-8-14(13)11-12/h2-11H,1H2/b6-3+/i6D. The van der Waals surface area contributed by atoms with Gasteiger partial charge in [-0.1, -0.05) is 61.2 Å². The van der Waals surface area contributed by atoms with Crippen molar-refractivity contribution in [3.05, 3.63) is 66.8 Å². The topological polar surface area (TPSA) is 0 Å². The van der Waals surface area contributed by atoms with Crippen LogP contribution < -0.4 is 0 Å². The minimum atomic E-state index is 0.496. The van der Waals surface area contributed by atoms with Gasteiger partial charge in [0.25, 0.3) is 0 Å². The number of benzene rings is 2. The fourth-order valence-electron chi connectivity index (χ4n) is 1.43. The molecule has 0 N–H and O–H groups in total. The molecule has 2 aromatic carbocycles. The van der Waals surface area contributed by atoms with Crippen molar-refractivity contribution in [1.29, 1.82) is 0 Å². The second-order valence-corrected chi connectivity index (χ2v) is 3.11. The van der Waals surface area contributed by atoms with Crippen LogP contribution in [-0.4, -0.2) is 0 Å².